The average molecular weight is 233 g/mol. The first-order chi connectivity index (χ1) is 7.24. The van der Waals surface area contributed by atoms with Gasteiger partial charge in [0.25, 0.3) is 0 Å². The molecule has 0 bridgehead atoms. The fourth-order valence-corrected chi connectivity index (χ4v) is 2.50. The molecule has 0 N–H and O–H groups in total. The summed E-state index contributed by atoms with van der Waals surface area (Å²) in [6.45, 7) is 6.82. The molecule has 2 unspecified atom stereocenters. The number of hydrogen-bond donors (Lipinski definition) is 0. The van der Waals surface area contributed by atoms with Crippen LogP contribution in [0, 0.1) is 5.92 Å². The predicted octanol–water partition coefficient (Wildman–Crippen LogP) is 5.78. The zero-order valence-corrected chi connectivity index (χ0v) is 11.7. The Bertz CT molecular complexity index is 123. The summed E-state index contributed by atoms with van der Waals surface area (Å²) in [4.78, 5) is 0. The minimum Gasteiger partial charge on any atom is -0.123 e. The second kappa shape index (κ2) is 10.8. The van der Waals surface area contributed by atoms with E-state index in [0.717, 1.165) is 5.92 Å². The minimum absolute atomic E-state index is 0.429. The highest BCUT2D eigenvalue weighted by atomic mass is 35.5. The molecule has 92 valence electrons. The standard InChI is InChI=1S/C14H29Cl/c1-4-7-10-13(6-3)11-8-12-14(15)9-5-2/h13-14H,4-12H2,1-3H3. The van der Waals surface area contributed by atoms with Crippen molar-refractivity contribution in [2.75, 3.05) is 0 Å². The second-order valence-electron chi connectivity index (χ2n) is 4.73. The van der Waals surface area contributed by atoms with Gasteiger partial charge in [-0.25, -0.2) is 0 Å². The maximum Gasteiger partial charge on any atom is 0.0336 e. The summed E-state index contributed by atoms with van der Waals surface area (Å²) in [5.41, 5.74) is 0. The molecule has 0 aromatic heterocycles. The van der Waals surface area contributed by atoms with E-state index in [1.807, 2.05) is 0 Å². The zero-order valence-electron chi connectivity index (χ0n) is 10.9. The third-order valence-electron chi connectivity index (χ3n) is 3.27. The highest BCUT2D eigenvalue weighted by molar-refractivity contribution is 6.20. The lowest BCUT2D eigenvalue weighted by Crippen LogP contribution is -2.02. The number of alkyl halides is 1. The molecule has 0 amide bonds. The third kappa shape index (κ3) is 9.23. The normalized spacial score (nSPS) is 15.2. The van der Waals surface area contributed by atoms with Crippen LogP contribution in [0.25, 0.3) is 0 Å². The van der Waals surface area contributed by atoms with Gasteiger partial charge in [-0.1, -0.05) is 65.7 Å². The molecule has 0 aliphatic heterocycles. The van der Waals surface area contributed by atoms with Crippen molar-refractivity contribution in [3.8, 4) is 0 Å². The maximum absolute atomic E-state index is 6.21. The Labute approximate surface area is 102 Å². The first-order valence-electron chi connectivity index (χ1n) is 6.88. The van der Waals surface area contributed by atoms with Crippen molar-refractivity contribution in [3.05, 3.63) is 0 Å². The third-order valence-corrected chi connectivity index (χ3v) is 3.71. The number of unbranched alkanes of at least 4 members (excludes halogenated alkanes) is 1. The lowest BCUT2D eigenvalue weighted by molar-refractivity contribution is 0.401. The van der Waals surface area contributed by atoms with E-state index in [0.29, 0.717) is 5.38 Å². The van der Waals surface area contributed by atoms with Gasteiger partial charge in [0.2, 0.25) is 0 Å². The van der Waals surface area contributed by atoms with E-state index in [4.69, 9.17) is 11.6 Å². The molecule has 0 aliphatic carbocycles. The topological polar surface area (TPSA) is 0 Å². The molecule has 0 nitrogen and oxygen atoms in total. The van der Waals surface area contributed by atoms with Gasteiger partial charge in [0.1, 0.15) is 0 Å². The lowest BCUT2D eigenvalue weighted by atomic mass is 9.93. The van der Waals surface area contributed by atoms with E-state index < -0.39 is 0 Å². The Kier molecular flexibility index (Phi) is 11.0. The van der Waals surface area contributed by atoms with Gasteiger partial charge in [0.05, 0.1) is 0 Å². The van der Waals surface area contributed by atoms with Crippen molar-refractivity contribution in [2.24, 2.45) is 5.92 Å². The molecule has 0 radical (unpaired) electrons. The maximum atomic E-state index is 6.21. The van der Waals surface area contributed by atoms with Crippen LogP contribution in [0.1, 0.15) is 78.6 Å². The van der Waals surface area contributed by atoms with Gasteiger partial charge in [-0.2, -0.15) is 0 Å². The predicted molar refractivity (Wildman–Crippen MR) is 71.7 cm³/mol. The van der Waals surface area contributed by atoms with E-state index in [-0.39, 0.29) is 0 Å². The van der Waals surface area contributed by atoms with Crippen LogP contribution < -0.4 is 0 Å². The summed E-state index contributed by atoms with van der Waals surface area (Å²) in [7, 11) is 0. The molecule has 0 aromatic rings. The highest BCUT2D eigenvalue weighted by Crippen LogP contribution is 2.21. The molecule has 0 saturated carbocycles. The monoisotopic (exact) mass is 232 g/mol. The first-order valence-corrected chi connectivity index (χ1v) is 7.32. The Balaban J connectivity index is 3.44. The molecular formula is C14H29Cl. The molecule has 0 aromatic carbocycles. The van der Waals surface area contributed by atoms with Crippen LogP contribution in [0.3, 0.4) is 0 Å². The Morgan fingerprint density at radius 2 is 1.47 bits per heavy atom. The number of halogens is 1. The van der Waals surface area contributed by atoms with E-state index in [2.05, 4.69) is 20.8 Å². The molecule has 0 rings (SSSR count). The molecule has 0 aliphatic rings. The SMILES string of the molecule is CCCCC(CC)CCCC(Cl)CCC. The Morgan fingerprint density at radius 1 is 0.800 bits per heavy atom. The average Bonchev–Trinajstić information content (AvgIpc) is 2.23. The van der Waals surface area contributed by atoms with Gasteiger partial charge in [0, 0.05) is 5.38 Å². The van der Waals surface area contributed by atoms with E-state index >= 15 is 0 Å². The quantitative estimate of drug-likeness (QED) is 0.419. The van der Waals surface area contributed by atoms with Gasteiger partial charge in [0.15, 0.2) is 0 Å². The van der Waals surface area contributed by atoms with Crippen LogP contribution in [0.4, 0.5) is 0 Å². The van der Waals surface area contributed by atoms with Crippen molar-refractivity contribution >= 4 is 11.6 Å². The summed E-state index contributed by atoms with van der Waals surface area (Å²) >= 11 is 6.21. The van der Waals surface area contributed by atoms with Gasteiger partial charge >= 0.3 is 0 Å². The van der Waals surface area contributed by atoms with Crippen LogP contribution in [-0.4, -0.2) is 5.38 Å². The van der Waals surface area contributed by atoms with Gasteiger partial charge in [-0.15, -0.1) is 11.6 Å². The van der Waals surface area contributed by atoms with Crippen molar-refractivity contribution in [2.45, 2.75) is 83.9 Å². The minimum atomic E-state index is 0.429. The van der Waals surface area contributed by atoms with Crippen molar-refractivity contribution in [1.29, 1.82) is 0 Å². The number of hydrogen-bond acceptors (Lipinski definition) is 0. The summed E-state index contributed by atoms with van der Waals surface area (Å²) in [6.07, 6.45) is 11.9. The fourth-order valence-electron chi connectivity index (χ4n) is 2.13. The van der Waals surface area contributed by atoms with Gasteiger partial charge in [-0.3, -0.25) is 0 Å². The largest absolute Gasteiger partial charge is 0.123 e. The summed E-state index contributed by atoms with van der Waals surface area (Å²) < 4.78 is 0. The van der Waals surface area contributed by atoms with E-state index in [1.54, 1.807) is 0 Å². The second-order valence-corrected chi connectivity index (χ2v) is 5.35. The van der Waals surface area contributed by atoms with Crippen LogP contribution in [-0.2, 0) is 0 Å². The van der Waals surface area contributed by atoms with Crippen LogP contribution >= 0.6 is 11.6 Å². The van der Waals surface area contributed by atoms with Crippen LogP contribution in [0.5, 0.6) is 0 Å². The Hall–Kier alpha value is 0.290. The van der Waals surface area contributed by atoms with Gasteiger partial charge in [-0.05, 0) is 18.8 Å². The highest BCUT2D eigenvalue weighted by Gasteiger charge is 2.08. The van der Waals surface area contributed by atoms with Crippen LogP contribution in [0.15, 0.2) is 0 Å². The zero-order chi connectivity index (χ0) is 11.5. The molecule has 0 heterocycles. The smallest absolute Gasteiger partial charge is 0.0336 e. The lowest BCUT2D eigenvalue weighted by Gasteiger charge is -2.15. The van der Waals surface area contributed by atoms with Crippen LogP contribution in [0.2, 0.25) is 0 Å². The van der Waals surface area contributed by atoms with Crippen molar-refractivity contribution in [1.82, 2.24) is 0 Å². The molecular weight excluding hydrogens is 204 g/mol. The van der Waals surface area contributed by atoms with Crippen molar-refractivity contribution < 1.29 is 0 Å². The first kappa shape index (κ1) is 15.3. The molecule has 15 heavy (non-hydrogen) atoms. The molecule has 0 spiro atoms. The van der Waals surface area contributed by atoms with E-state index in [9.17, 15) is 0 Å². The van der Waals surface area contributed by atoms with Gasteiger partial charge < -0.3 is 0 Å². The fraction of sp³-hybridized carbons (Fsp3) is 1.00. The molecule has 1 heteroatoms. The van der Waals surface area contributed by atoms with Crippen molar-refractivity contribution in [3.63, 3.8) is 0 Å². The summed E-state index contributed by atoms with van der Waals surface area (Å²) in [5, 5.41) is 0.429. The Morgan fingerprint density at radius 3 is 2.00 bits per heavy atom. The summed E-state index contributed by atoms with van der Waals surface area (Å²) in [5.74, 6) is 0.954. The molecule has 0 saturated heterocycles. The number of rotatable bonds is 10. The molecule has 2 atom stereocenters. The van der Waals surface area contributed by atoms with E-state index in [1.165, 1.54) is 57.8 Å². The molecule has 0 fully saturated rings. The summed E-state index contributed by atoms with van der Waals surface area (Å²) in [6, 6.07) is 0.